The van der Waals surface area contributed by atoms with Crippen molar-refractivity contribution < 1.29 is 9.13 Å². The van der Waals surface area contributed by atoms with Gasteiger partial charge >= 0.3 is 0 Å². The molecule has 3 aromatic rings. The van der Waals surface area contributed by atoms with Gasteiger partial charge in [0.05, 0.1) is 18.4 Å². The molecule has 7 nitrogen and oxygen atoms in total. The maximum Gasteiger partial charge on any atom is 0.271 e. The number of nitrogens with one attached hydrogen (secondary N) is 2. The van der Waals surface area contributed by atoms with Gasteiger partial charge in [0, 0.05) is 24.8 Å². The summed E-state index contributed by atoms with van der Waals surface area (Å²) in [5.41, 5.74) is 2.74. The molecule has 2 atom stereocenters. The second-order valence-corrected chi connectivity index (χ2v) is 7.65. The SMILES string of the molecule is Cc1ccc(-c2c[nH]c(=O)c(Nc3nc(N4C[C@@H](C)O[C@@H](C)C4)ncc3F)c2)cc1. The second-order valence-electron chi connectivity index (χ2n) is 7.65. The number of benzene rings is 1. The summed E-state index contributed by atoms with van der Waals surface area (Å²) in [7, 11) is 0. The second kappa shape index (κ2) is 8.23. The number of pyridine rings is 1. The molecular formula is C22H24FN5O2. The number of H-pyrrole nitrogens is 1. The summed E-state index contributed by atoms with van der Waals surface area (Å²) in [6, 6.07) is 9.61. The van der Waals surface area contributed by atoms with Crippen molar-refractivity contribution in [3.05, 3.63) is 64.5 Å². The lowest BCUT2D eigenvalue weighted by atomic mass is 10.1. The number of hydrogen-bond acceptors (Lipinski definition) is 6. The van der Waals surface area contributed by atoms with Crippen LogP contribution in [0.15, 0.2) is 47.5 Å². The number of aryl methyl sites for hydroxylation is 1. The summed E-state index contributed by atoms with van der Waals surface area (Å²) in [6.07, 6.45) is 2.80. The van der Waals surface area contributed by atoms with E-state index in [1.807, 2.05) is 49.9 Å². The highest BCUT2D eigenvalue weighted by Crippen LogP contribution is 2.24. The minimum Gasteiger partial charge on any atom is -0.372 e. The van der Waals surface area contributed by atoms with Crippen molar-refractivity contribution in [3.63, 3.8) is 0 Å². The molecule has 4 rings (SSSR count). The first kappa shape index (κ1) is 20.0. The van der Waals surface area contributed by atoms with Gasteiger partial charge in [-0.15, -0.1) is 0 Å². The fraction of sp³-hybridized carbons (Fsp3) is 0.318. The molecule has 0 unspecified atom stereocenters. The molecule has 0 aliphatic carbocycles. The summed E-state index contributed by atoms with van der Waals surface area (Å²) in [5.74, 6) is -0.279. The van der Waals surface area contributed by atoms with Crippen LogP contribution in [-0.4, -0.2) is 40.2 Å². The number of halogens is 1. The van der Waals surface area contributed by atoms with Gasteiger partial charge in [0.15, 0.2) is 11.6 Å². The molecular weight excluding hydrogens is 385 g/mol. The molecule has 30 heavy (non-hydrogen) atoms. The van der Waals surface area contributed by atoms with Crippen molar-refractivity contribution in [2.75, 3.05) is 23.3 Å². The van der Waals surface area contributed by atoms with Crippen molar-refractivity contribution >= 4 is 17.5 Å². The number of ether oxygens (including phenoxy) is 1. The number of rotatable bonds is 4. The van der Waals surface area contributed by atoms with E-state index in [-0.39, 0.29) is 29.3 Å². The van der Waals surface area contributed by atoms with Gasteiger partial charge in [-0.25, -0.2) is 9.37 Å². The molecule has 8 heteroatoms. The lowest BCUT2D eigenvalue weighted by Crippen LogP contribution is -2.46. The molecule has 0 radical (unpaired) electrons. The van der Waals surface area contributed by atoms with Gasteiger partial charge in [-0.05, 0) is 32.4 Å². The van der Waals surface area contributed by atoms with Crippen LogP contribution in [0.3, 0.4) is 0 Å². The van der Waals surface area contributed by atoms with E-state index in [2.05, 4.69) is 20.3 Å². The lowest BCUT2D eigenvalue weighted by molar-refractivity contribution is -0.00572. The Morgan fingerprint density at radius 2 is 1.87 bits per heavy atom. The third kappa shape index (κ3) is 4.33. The molecule has 0 bridgehead atoms. The minimum atomic E-state index is -0.631. The molecule has 2 N–H and O–H groups in total. The fourth-order valence-electron chi connectivity index (χ4n) is 3.56. The van der Waals surface area contributed by atoms with Gasteiger partial charge in [-0.2, -0.15) is 4.98 Å². The van der Waals surface area contributed by atoms with Crippen LogP contribution in [0.2, 0.25) is 0 Å². The number of anilines is 3. The van der Waals surface area contributed by atoms with Crippen molar-refractivity contribution in [1.29, 1.82) is 0 Å². The molecule has 0 spiro atoms. The Balaban J connectivity index is 1.63. The highest BCUT2D eigenvalue weighted by Gasteiger charge is 2.25. The van der Waals surface area contributed by atoms with E-state index in [9.17, 15) is 9.18 Å². The summed E-state index contributed by atoms with van der Waals surface area (Å²) in [6.45, 7) is 7.18. The first-order chi connectivity index (χ1) is 14.4. The van der Waals surface area contributed by atoms with Crippen molar-refractivity contribution in [3.8, 4) is 11.1 Å². The molecule has 0 amide bonds. The first-order valence-electron chi connectivity index (χ1n) is 9.89. The predicted octanol–water partition coefficient (Wildman–Crippen LogP) is 3.64. The van der Waals surface area contributed by atoms with Gasteiger partial charge in [0.1, 0.15) is 5.69 Å². The smallest absolute Gasteiger partial charge is 0.271 e. The number of aromatic amines is 1. The lowest BCUT2D eigenvalue weighted by Gasteiger charge is -2.35. The standard InChI is InChI=1S/C22H24FN5O2/c1-13-4-6-16(7-5-13)17-8-19(21(29)24-9-17)26-20-18(23)10-25-22(27-20)28-11-14(2)30-15(3)12-28/h4-10,14-15H,11-12H2,1-3H3,(H,24,29)(H,25,26,27)/t14-,15+. The van der Waals surface area contributed by atoms with Crippen LogP contribution in [0.25, 0.3) is 11.1 Å². The van der Waals surface area contributed by atoms with Gasteiger partial charge in [-0.3, -0.25) is 4.79 Å². The molecule has 1 aliphatic heterocycles. The summed E-state index contributed by atoms with van der Waals surface area (Å²) < 4.78 is 20.2. The zero-order valence-electron chi connectivity index (χ0n) is 17.1. The zero-order valence-corrected chi connectivity index (χ0v) is 17.1. The third-order valence-electron chi connectivity index (χ3n) is 4.98. The van der Waals surface area contributed by atoms with E-state index in [1.54, 1.807) is 12.3 Å². The van der Waals surface area contributed by atoms with E-state index in [0.29, 0.717) is 19.0 Å². The number of morpholine rings is 1. The van der Waals surface area contributed by atoms with Crippen LogP contribution in [-0.2, 0) is 4.74 Å². The van der Waals surface area contributed by atoms with E-state index >= 15 is 0 Å². The zero-order chi connectivity index (χ0) is 21.3. The highest BCUT2D eigenvalue weighted by molar-refractivity contribution is 5.69. The number of aromatic nitrogens is 3. The molecule has 3 heterocycles. The van der Waals surface area contributed by atoms with Gasteiger partial charge in [0.25, 0.3) is 5.56 Å². The van der Waals surface area contributed by atoms with Crippen LogP contribution in [0.1, 0.15) is 19.4 Å². The van der Waals surface area contributed by atoms with Crippen molar-refractivity contribution in [2.45, 2.75) is 33.0 Å². The Kier molecular flexibility index (Phi) is 5.50. The Bertz CT molecular complexity index is 1090. The normalized spacial score (nSPS) is 19.0. The summed E-state index contributed by atoms with van der Waals surface area (Å²) in [4.78, 5) is 25.5. The monoisotopic (exact) mass is 409 g/mol. The molecule has 1 fully saturated rings. The van der Waals surface area contributed by atoms with Gasteiger partial charge in [0.2, 0.25) is 5.95 Å². The molecule has 2 aromatic heterocycles. The quantitative estimate of drug-likeness (QED) is 0.685. The Morgan fingerprint density at radius 1 is 1.17 bits per heavy atom. The Labute approximate surface area is 174 Å². The van der Waals surface area contributed by atoms with Crippen molar-refractivity contribution in [1.82, 2.24) is 15.0 Å². The topological polar surface area (TPSA) is 83.1 Å². The van der Waals surface area contributed by atoms with Crippen LogP contribution in [0.4, 0.5) is 21.8 Å². The van der Waals surface area contributed by atoms with Crippen LogP contribution in [0.5, 0.6) is 0 Å². The number of nitrogens with zero attached hydrogens (tertiary/aromatic N) is 3. The van der Waals surface area contributed by atoms with E-state index in [4.69, 9.17) is 4.74 Å². The molecule has 0 saturated carbocycles. The average Bonchev–Trinajstić information content (AvgIpc) is 2.71. The number of hydrogen-bond donors (Lipinski definition) is 2. The van der Waals surface area contributed by atoms with Crippen LogP contribution in [0, 0.1) is 12.7 Å². The summed E-state index contributed by atoms with van der Waals surface area (Å²) in [5, 5.41) is 2.84. The van der Waals surface area contributed by atoms with Gasteiger partial charge < -0.3 is 19.9 Å². The van der Waals surface area contributed by atoms with E-state index in [0.717, 1.165) is 22.9 Å². The van der Waals surface area contributed by atoms with Crippen LogP contribution >= 0.6 is 0 Å². The van der Waals surface area contributed by atoms with Gasteiger partial charge in [-0.1, -0.05) is 29.8 Å². The minimum absolute atomic E-state index is 0.0212. The largest absolute Gasteiger partial charge is 0.372 e. The molecule has 1 aliphatic rings. The van der Waals surface area contributed by atoms with Crippen molar-refractivity contribution in [2.24, 2.45) is 0 Å². The molecule has 1 aromatic carbocycles. The highest BCUT2D eigenvalue weighted by atomic mass is 19.1. The molecule has 156 valence electrons. The maximum absolute atomic E-state index is 14.4. The average molecular weight is 409 g/mol. The Morgan fingerprint density at radius 3 is 2.57 bits per heavy atom. The first-order valence-corrected chi connectivity index (χ1v) is 9.89. The van der Waals surface area contributed by atoms with E-state index in [1.165, 1.54) is 0 Å². The Hall–Kier alpha value is -3.26. The summed E-state index contributed by atoms with van der Waals surface area (Å²) >= 11 is 0. The van der Waals surface area contributed by atoms with E-state index < -0.39 is 5.82 Å². The predicted molar refractivity (Wildman–Crippen MR) is 115 cm³/mol. The van der Waals surface area contributed by atoms with Crippen LogP contribution < -0.4 is 15.8 Å². The third-order valence-corrected chi connectivity index (χ3v) is 4.98. The molecule has 1 saturated heterocycles. The maximum atomic E-state index is 14.4. The fourth-order valence-corrected chi connectivity index (χ4v) is 3.56.